The van der Waals surface area contributed by atoms with Crippen molar-refractivity contribution in [1.82, 2.24) is 19.5 Å². The number of morpholine rings is 1. The first kappa shape index (κ1) is 16.9. The number of fused-ring (bicyclic) bond motifs is 2. The van der Waals surface area contributed by atoms with Gasteiger partial charge in [0.15, 0.2) is 40.6 Å². The standard InChI is InChI=1S/C19H21N7O2/c1-19(23-12-5-3-4-6-13(12)24-19)18-21-16-15(20-14(11-27)25(16)2)17(22-18)26-7-9-28-10-8-26/h3-6,11,23-24H,7-10H2,1-2H3. The summed E-state index contributed by atoms with van der Waals surface area (Å²) < 4.78 is 7.20. The van der Waals surface area contributed by atoms with Crippen LogP contribution in [0.2, 0.25) is 0 Å². The number of aldehydes is 1. The predicted molar refractivity (Wildman–Crippen MR) is 106 cm³/mol. The van der Waals surface area contributed by atoms with Crippen LogP contribution in [-0.4, -0.2) is 52.1 Å². The number of carbonyl (C=O) groups is 1. The van der Waals surface area contributed by atoms with Crippen molar-refractivity contribution in [3.63, 3.8) is 0 Å². The minimum Gasteiger partial charge on any atom is -0.378 e. The largest absolute Gasteiger partial charge is 0.378 e. The second kappa shape index (κ2) is 6.16. The fraction of sp³-hybridized carbons (Fsp3) is 0.368. The van der Waals surface area contributed by atoms with E-state index in [-0.39, 0.29) is 0 Å². The zero-order valence-corrected chi connectivity index (χ0v) is 15.8. The van der Waals surface area contributed by atoms with Gasteiger partial charge in [-0.25, -0.2) is 15.0 Å². The van der Waals surface area contributed by atoms with Crippen LogP contribution >= 0.6 is 0 Å². The van der Waals surface area contributed by atoms with Crippen molar-refractivity contribution in [2.24, 2.45) is 7.05 Å². The van der Waals surface area contributed by atoms with Gasteiger partial charge < -0.3 is 24.8 Å². The maximum Gasteiger partial charge on any atom is 0.185 e. The smallest absolute Gasteiger partial charge is 0.185 e. The van der Waals surface area contributed by atoms with Gasteiger partial charge in [0.1, 0.15) is 0 Å². The molecular weight excluding hydrogens is 358 g/mol. The molecule has 1 aromatic carbocycles. The van der Waals surface area contributed by atoms with Gasteiger partial charge in [0.2, 0.25) is 0 Å². The number of anilines is 3. The number of aromatic nitrogens is 4. The number of nitrogens with zero attached hydrogens (tertiary/aromatic N) is 5. The molecule has 1 fully saturated rings. The van der Waals surface area contributed by atoms with Crippen LogP contribution in [0.4, 0.5) is 17.2 Å². The van der Waals surface area contributed by atoms with E-state index in [4.69, 9.17) is 14.7 Å². The Balaban J connectivity index is 1.67. The molecule has 2 aliphatic rings. The Hall–Kier alpha value is -3.20. The van der Waals surface area contributed by atoms with Crippen molar-refractivity contribution in [3.05, 3.63) is 35.9 Å². The van der Waals surface area contributed by atoms with Crippen molar-refractivity contribution in [1.29, 1.82) is 0 Å². The zero-order valence-electron chi connectivity index (χ0n) is 15.8. The summed E-state index contributed by atoms with van der Waals surface area (Å²) in [6, 6.07) is 8.01. The third kappa shape index (κ3) is 2.50. The Bertz CT molecular complexity index is 1050. The molecule has 0 aliphatic carbocycles. The molecule has 0 saturated carbocycles. The molecule has 3 aromatic rings. The summed E-state index contributed by atoms with van der Waals surface area (Å²) >= 11 is 0. The number of benzene rings is 1. The maximum absolute atomic E-state index is 11.4. The predicted octanol–water partition coefficient (Wildman–Crippen LogP) is 1.72. The third-order valence-corrected chi connectivity index (χ3v) is 5.29. The van der Waals surface area contributed by atoms with Crippen LogP contribution in [-0.2, 0) is 17.4 Å². The molecule has 2 aromatic heterocycles. The summed E-state index contributed by atoms with van der Waals surface area (Å²) in [5, 5.41) is 6.97. The van der Waals surface area contributed by atoms with Gasteiger partial charge in [-0.1, -0.05) is 12.1 Å². The molecule has 0 bridgehead atoms. The number of hydrogen-bond donors (Lipinski definition) is 2. The fourth-order valence-electron chi connectivity index (χ4n) is 3.77. The number of aryl methyl sites for hydroxylation is 1. The number of hydrogen-bond acceptors (Lipinski definition) is 8. The van der Waals surface area contributed by atoms with Crippen LogP contribution in [0.15, 0.2) is 24.3 Å². The van der Waals surface area contributed by atoms with E-state index < -0.39 is 5.66 Å². The van der Waals surface area contributed by atoms with Crippen LogP contribution in [0.5, 0.6) is 0 Å². The number of carbonyl (C=O) groups excluding carboxylic acids is 1. The van der Waals surface area contributed by atoms with Gasteiger partial charge in [0.25, 0.3) is 0 Å². The van der Waals surface area contributed by atoms with Gasteiger partial charge >= 0.3 is 0 Å². The van der Waals surface area contributed by atoms with E-state index in [0.717, 1.165) is 36.6 Å². The second-order valence-electron chi connectivity index (χ2n) is 7.21. The van der Waals surface area contributed by atoms with Crippen molar-refractivity contribution in [3.8, 4) is 0 Å². The Morgan fingerprint density at radius 3 is 2.43 bits per heavy atom. The van der Waals surface area contributed by atoms with Gasteiger partial charge in [0, 0.05) is 20.1 Å². The van der Waals surface area contributed by atoms with E-state index >= 15 is 0 Å². The first-order valence-electron chi connectivity index (χ1n) is 9.27. The SMILES string of the molecule is Cn1c(C=O)nc2c(N3CCOCC3)nc(C3(C)Nc4ccccc4N3)nc21. The second-order valence-corrected chi connectivity index (χ2v) is 7.21. The van der Waals surface area contributed by atoms with Crippen LogP contribution in [0.3, 0.4) is 0 Å². The zero-order chi connectivity index (χ0) is 19.3. The van der Waals surface area contributed by atoms with Crippen molar-refractivity contribution in [2.45, 2.75) is 12.6 Å². The minimum absolute atomic E-state index is 0.330. The molecule has 9 nitrogen and oxygen atoms in total. The summed E-state index contributed by atoms with van der Waals surface area (Å²) in [6.45, 7) is 4.71. The summed E-state index contributed by atoms with van der Waals surface area (Å²) in [5.41, 5.74) is 2.59. The molecule has 5 rings (SSSR count). The van der Waals surface area contributed by atoms with Gasteiger partial charge in [-0.3, -0.25) is 4.79 Å². The number of rotatable bonds is 3. The molecule has 9 heteroatoms. The van der Waals surface area contributed by atoms with Gasteiger partial charge in [-0.05, 0) is 19.1 Å². The monoisotopic (exact) mass is 379 g/mol. The molecule has 28 heavy (non-hydrogen) atoms. The Morgan fingerprint density at radius 1 is 1.11 bits per heavy atom. The quantitative estimate of drug-likeness (QED) is 0.664. The van der Waals surface area contributed by atoms with Crippen molar-refractivity contribution >= 4 is 34.6 Å². The maximum atomic E-state index is 11.4. The molecule has 2 aliphatic heterocycles. The average Bonchev–Trinajstić information content (AvgIpc) is 3.25. The summed E-state index contributed by atoms with van der Waals surface area (Å²) in [4.78, 5) is 27.7. The van der Waals surface area contributed by atoms with E-state index in [2.05, 4.69) is 20.5 Å². The Labute approximate surface area is 161 Å². The molecule has 0 atom stereocenters. The molecule has 0 spiro atoms. The number of ether oxygens (including phenoxy) is 1. The molecule has 1 saturated heterocycles. The molecule has 2 N–H and O–H groups in total. The number of nitrogens with one attached hydrogen (secondary N) is 2. The van der Waals surface area contributed by atoms with Crippen molar-refractivity contribution < 1.29 is 9.53 Å². The van der Waals surface area contributed by atoms with Crippen LogP contribution in [0.25, 0.3) is 11.2 Å². The molecule has 0 unspecified atom stereocenters. The van der Waals surface area contributed by atoms with E-state index in [9.17, 15) is 4.79 Å². The van der Waals surface area contributed by atoms with E-state index in [1.54, 1.807) is 11.6 Å². The highest BCUT2D eigenvalue weighted by atomic mass is 16.5. The molecule has 144 valence electrons. The first-order chi connectivity index (χ1) is 13.6. The Kier molecular flexibility index (Phi) is 3.73. The highest BCUT2D eigenvalue weighted by molar-refractivity contribution is 5.88. The molecule has 4 heterocycles. The molecular formula is C19H21N7O2. The molecule has 0 radical (unpaired) electrons. The van der Waals surface area contributed by atoms with Crippen LogP contribution in [0, 0.1) is 0 Å². The van der Waals surface area contributed by atoms with Crippen molar-refractivity contribution in [2.75, 3.05) is 41.8 Å². The summed E-state index contributed by atoms with van der Waals surface area (Å²) in [7, 11) is 1.80. The van der Waals surface area contributed by atoms with E-state index in [1.165, 1.54) is 0 Å². The van der Waals surface area contributed by atoms with Crippen LogP contribution in [0.1, 0.15) is 23.4 Å². The van der Waals surface area contributed by atoms with Gasteiger partial charge in [0.05, 0.1) is 24.6 Å². The molecule has 0 amide bonds. The normalized spacial score (nSPS) is 17.9. The summed E-state index contributed by atoms with van der Waals surface area (Å²) in [5.74, 6) is 1.66. The van der Waals surface area contributed by atoms with E-state index in [0.29, 0.717) is 36.0 Å². The minimum atomic E-state index is -0.676. The highest BCUT2D eigenvalue weighted by Gasteiger charge is 2.37. The lowest BCUT2D eigenvalue weighted by atomic mass is 10.2. The number of imidazole rings is 1. The highest BCUT2D eigenvalue weighted by Crippen LogP contribution is 2.39. The average molecular weight is 379 g/mol. The topological polar surface area (TPSA) is 97.2 Å². The lowest BCUT2D eigenvalue weighted by Gasteiger charge is -2.30. The van der Waals surface area contributed by atoms with E-state index in [1.807, 2.05) is 31.2 Å². The summed E-state index contributed by atoms with van der Waals surface area (Å²) in [6.07, 6.45) is 0.744. The Morgan fingerprint density at radius 2 is 1.79 bits per heavy atom. The lowest BCUT2D eigenvalue weighted by molar-refractivity contribution is 0.111. The first-order valence-corrected chi connectivity index (χ1v) is 9.27. The van der Waals surface area contributed by atoms with Gasteiger partial charge in [-0.2, -0.15) is 0 Å². The number of para-hydroxylation sites is 2. The lowest BCUT2D eigenvalue weighted by Crippen LogP contribution is -2.40. The third-order valence-electron chi connectivity index (χ3n) is 5.29. The van der Waals surface area contributed by atoms with Gasteiger partial charge in [-0.15, -0.1) is 0 Å². The van der Waals surface area contributed by atoms with Crippen LogP contribution < -0.4 is 15.5 Å². The fourth-order valence-corrected chi connectivity index (χ4v) is 3.77.